The topological polar surface area (TPSA) is 54.0 Å². The third kappa shape index (κ3) is 1.43. The van der Waals surface area contributed by atoms with E-state index in [1.807, 2.05) is 6.20 Å². The average Bonchev–Trinajstić information content (AvgIpc) is 2.85. The highest BCUT2D eigenvalue weighted by atomic mass is 16.5. The van der Waals surface area contributed by atoms with Gasteiger partial charge in [-0.2, -0.15) is 0 Å². The zero-order valence-corrected chi connectivity index (χ0v) is 10.2. The van der Waals surface area contributed by atoms with E-state index in [-0.39, 0.29) is 0 Å². The van der Waals surface area contributed by atoms with Gasteiger partial charge in [0.2, 0.25) is 0 Å². The molecule has 0 saturated carbocycles. The molecule has 2 saturated heterocycles. The van der Waals surface area contributed by atoms with E-state index in [4.69, 9.17) is 4.74 Å². The summed E-state index contributed by atoms with van der Waals surface area (Å²) in [6.07, 6.45) is 5.94. The number of aromatic amines is 1. The van der Waals surface area contributed by atoms with Gasteiger partial charge in [-0.1, -0.05) is 0 Å². The number of rotatable bonds is 1. The molecule has 4 heterocycles. The van der Waals surface area contributed by atoms with Gasteiger partial charge in [0.25, 0.3) is 0 Å². The van der Waals surface area contributed by atoms with Gasteiger partial charge in [-0.05, 0) is 18.9 Å². The summed E-state index contributed by atoms with van der Waals surface area (Å²) in [5.41, 5.74) is 1.40. The van der Waals surface area contributed by atoms with Crippen molar-refractivity contribution in [1.82, 2.24) is 15.0 Å². The number of ether oxygens (including phenoxy) is 1. The summed E-state index contributed by atoms with van der Waals surface area (Å²) in [5, 5.41) is 1.12. The molecule has 0 atom stereocenters. The lowest BCUT2D eigenvalue weighted by Gasteiger charge is -2.52. The summed E-state index contributed by atoms with van der Waals surface area (Å²) < 4.78 is 5.45. The maximum Gasteiger partial charge on any atom is 0.142 e. The predicted molar refractivity (Wildman–Crippen MR) is 68.6 cm³/mol. The van der Waals surface area contributed by atoms with Crippen molar-refractivity contribution >= 4 is 16.9 Å². The van der Waals surface area contributed by atoms with E-state index in [0.29, 0.717) is 5.41 Å². The van der Waals surface area contributed by atoms with E-state index in [2.05, 4.69) is 25.9 Å². The van der Waals surface area contributed by atoms with Crippen LogP contribution in [0.15, 0.2) is 18.6 Å². The smallest absolute Gasteiger partial charge is 0.142 e. The first-order chi connectivity index (χ1) is 8.86. The average molecular weight is 244 g/mol. The molecular formula is C13H16N4O. The Bertz CT molecular complexity index is 565. The number of hydrogen-bond acceptors (Lipinski definition) is 4. The maximum absolute atomic E-state index is 5.45. The fourth-order valence-electron chi connectivity index (χ4n) is 3.14. The summed E-state index contributed by atoms with van der Waals surface area (Å²) in [5.74, 6) is 1.07. The zero-order chi connectivity index (χ0) is 12.0. The molecule has 0 amide bonds. The summed E-state index contributed by atoms with van der Waals surface area (Å²) in [6, 6.07) is 2.06. The van der Waals surface area contributed by atoms with Gasteiger partial charge in [-0.25, -0.2) is 9.97 Å². The van der Waals surface area contributed by atoms with Crippen molar-refractivity contribution in [3.63, 3.8) is 0 Å². The van der Waals surface area contributed by atoms with Crippen molar-refractivity contribution in [2.45, 2.75) is 12.8 Å². The summed E-state index contributed by atoms with van der Waals surface area (Å²) in [6.45, 7) is 4.04. The molecule has 0 aliphatic carbocycles. The molecule has 1 spiro atoms. The Morgan fingerprint density at radius 2 is 2.06 bits per heavy atom. The Labute approximate surface area is 105 Å². The normalized spacial score (nSPS) is 22.3. The van der Waals surface area contributed by atoms with Crippen molar-refractivity contribution in [1.29, 1.82) is 0 Å². The van der Waals surface area contributed by atoms with Gasteiger partial charge >= 0.3 is 0 Å². The second kappa shape index (κ2) is 3.68. The lowest BCUT2D eigenvalue weighted by Crippen LogP contribution is -2.58. The first-order valence-corrected chi connectivity index (χ1v) is 6.47. The van der Waals surface area contributed by atoms with E-state index >= 15 is 0 Å². The molecule has 2 aliphatic heterocycles. The molecule has 2 aromatic rings. The highest BCUT2D eigenvalue weighted by Crippen LogP contribution is 2.42. The summed E-state index contributed by atoms with van der Waals surface area (Å²) >= 11 is 0. The Hall–Kier alpha value is -1.62. The molecule has 1 N–H and O–H groups in total. The molecule has 2 aliphatic rings. The van der Waals surface area contributed by atoms with Crippen LogP contribution in [0.3, 0.4) is 0 Å². The van der Waals surface area contributed by atoms with Crippen molar-refractivity contribution < 1.29 is 4.74 Å². The monoisotopic (exact) mass is 244 g/mol. The second-order valence-electron chi connectivity index (χ2n) is 5.41. The van der Waals surface area contributed by atoms with Crippen LogP contribution in [0.4, 0.5) is 5.82 Å². The number of nitrogens with zero attached hydrogens (tertiary/aromatic N) is 3. The van der Waals surface area contributed by atoms with Crippen LogP contribution in [0.5, 0.6) is 0 Å². The molecule has 4 rings (SSSR count). The minimum atomic E-state index is 0.478. The molecule has 5 heteroatoms. The molecule has 0 radical (unpaired) electrons. The lowest BCUT2D eigenvalue weighted by molar-refractivity contribution is -0.000359. The Morgan fingerprint density at radius 3 is 2.89 bits per heavy atom. The third-order valence-corrected chi connectivity index (χ3v) is 4.24. The van der Waals surface area contributed by atoms with E-state index < -0.39 is 0 Å². The summed E-state index contributed by atoms with van der Waals surface area (Å²) in [4.78, 5) is 14.2. The van der Waals surface area contributed by atoms with Gasteiger partial charge in [0.05, 0.1) is 5.39 Å². The predicted octanol–water partition coefficient (Wildman–Crippen LogP) is 1.57. The molecule has 2 aromatic heterocycles. The van der Waals surface area contributed by atoms with Gasteiger partial charge < -0.3 is 14.6 Å². The van der Waals surface area contributed by atoms with Crippen molar-refractivity contribution in [3.8, 4) is 0 Å². The zero-order valence-electron chi connectivity index (χ0n) is 10.2. The van der Waals surface area contributed by atoms with Crippen LogP contribution < -0.4 is 4.90 Å². The van der Waals surface area contributed by atoms with Crippen LogP contribution in [0.1, 0.15) is 12.8 Å². The van der Waals surface area contributed by atoms with E-state index in [9.17, 15) is 0 Å². The van der Waals surface area contributed by atoms with Crippen molar-refractivity contribution in [2.75, 3.05) is 31.2 Å². The number of hydrogen-bond donors (Lipinski definition) is 1. The number of anilines is 1. The minimum Gasteiger partial charge on any atom is -0.381 e. The first-order valence-electron chi connectivity index (χ1n) is 6.47. The van der Waals surface area contributed by atoms with Crippen LogP contribution in [-0.4, -0.2) is 41.3 Å². The molecule has 94 valence electrons. The lowest BCUT2D eigenvalue weighted by atomic mass is 9.73. The SMILES string of the molecule is c1nc(N2CC3(CCOCC3)C2)c2cc[nH]c2n1. The van der Waals surface area contributed by atoms with Gasteiger partial charge in [-0.3, -0.25) is 0 Å². The summed E-state index contributed by atoms with van der Waals surface area (Å²) in [7, 11) is 0. The molecule has 0 aromatic carbocycles. The Kier molecular flexibility index (Phi) is 2.11. The third-order valence-electron chi connectivity index (χ3n) is 4.24. The minimum absolute atomic E-state index is 0.478. The van der Waals surface area contributed by atoms with Crippen molar-refractivity contribution in [3.05, 3.63) is 18.6 Å². The highest BCUT2D eigenvalue weighted by molar-refractivity contribution is 5.87. The first kappa shape index (κ1) is 10.3. The van der Waals surface area contributed by atoms with Gasteiger partial charge in [0.1, 0.15) is 17.8 Å². The highest BCUT2D eigenvalue weighted by Gasteiger charge is 2.44. The quantitative estimate of drug-likeness (QED) is 0.827. The molecule has 5 nitrogen and oxygen atoms in total. The van der Waals surface area contributed by atoms with E-state index in [1.54, 1.807) is 6.33 Å². The molecule has 0 unspecified atom stereocenters. The van der Waals surface area contributed by atoms with Crippen LogP contribution in [-0.2, 0) is 4.74 Å². The molecule has 0 bridgehead atoms. The number of H-pyrrole nitrogens is 1. The van der Waals surface area contributed by atoms with E-state index in [0.717, 1.165) is 43.2 Å². The van der Waals surface area contributed by atoms with Crippen LogP contribution in [0, 0.1) is 5.41 Å². The molecule has 2 fully saturated rings. The van der Waals surface area contributed by atoms with Crippen molar-refractivity contribution in [2.24, 2.45) is 5.41 Å². The fourth-order valence-corrected chi connectivity index (χ4v) is 3.14. The molecular weight excluding hydrogens is 228 g/mol. The number of fused-ring (bicyclic) bond motifs is 1. The van der Waals surface area contributed by atoms with Crippen LogP contribution in [0.2, 0.25) is 0 Å². The molecule has 18 heavy (non-hydrogen) atoms. The van der Waals surface area contributed by atoms with Crippen LogP contribution in [0.25, 0.3) is 11.0 Å². The van der Waals surface area contributed by atoms with E-state index in [1.165, 1.54) is 12.8 Å². The number of aromatic nitrogens is 3. The Morgan fingerprint density at radius 1 is 1.22 bits per heavy atom. The number of nitrogens with one attached hydrogen (secondary N) is 1. The standard InChI is InChI=1S/C13H16N4O/c1-4-14-11-10(1)12(16-9-15-11)17-7-13(8-17)2-5-18-6-3-13/h1,4,9H,2-3,5-8H2,(H,14,15,16). The van der Waals surface area contributed by atoms with Gasteiger partial charge in [0.15, 0.2) is 0 Å². The second-order valence-corrected chi connectivity index (χ2v) is 5.41. The Balaban J connectivity index is 1.60. The maximum atomic E-state index is 5.45. The van der Waals surface area contributed by atoms with Crippen LogP contribution >= 0.6 is 0 Å². The van der Waals surface area contributed by atoms with Gasteiger partial charge in [-0.15, -0.1) is 0 Å². The van der Waals surface area contributed by atoms with Gasteiger partial charge in [0, 0.05) is 37.9 Å². The largest absolute Gasteiger partial charge is 0.381 e. The fraction of sp³-hybridized carbons (Fsp3) is 0.538.